The van der Waals surface area contributed by atoms with E-state index in [1.54, 1.807) is 0 Å². The van der Waals surface area contributed by atoms with Crippen molar-refractivity contribution in [1.82, 2.24) is 9.97 Å². The maximum Gasteiger partial charge on any atom is 0.309 e. The number of rotatable bonds is 2. The first kappa shape index (κ1) is 13.9. The molecule has 0 bridgehead atoms. The summed E-state index contributed by atoms with van der Waals surface area (Å²) in [4.78, 5) is 21.7. The van der Waals surface area contributed by atoms with E-state index in [4.69, 9.17) is 22.1 Å². The molecule has 0 spiro atoms. The zero-order valence-corrected chi connectivity index (χ0v) is 11.7. The highest BCUT2D eigenvalue weighted by Crippen LogP contribution is 2.32. The van der Waals surface area contributed by atoms with E-state index in [-0.39, 0.29) is 23.6 Å². The Labute approximate surface area is 116 Å². The molecule has 1 fully saturated rings. The molecule has 1 aromatic heterocycles. The molecule has 1 saturated heterocycles. The molecule has 0 aliphatic carbocycles. The molecule has 7 heteroatoms. The summed E-state index contributed by atoms with van der Waals surface area (Å²) in [6, 6.07) is 0. The maximum atomic E-state index is 11.6. The minimum absolute atomic E-state index is 0.0702. The number of nitrogens with two attached hydrogens (primary N) is 1. The van der Waals surface area contributed by atoms with Crippen LogP contribution in [0.25, 0.3) is 0 Å². The van der Waals surface area contributed by atoms with Crippen molar-refractivity contribution in [2.75, 3.05) is 30.8 Å². The lowest BCUT2D eigenvalue weighted by molar-refractivity contribution is -0.147. The monoisotopic (exact) mass is 284 g/mol. The van der Waals surface area contributed by atoms with Gasteiger partial charge in [0.15, 0.2) is 5.82 Å². The van der Waals surface area contributed by atoms with Crippen LogP contribution in [0.4, 0.5) is 11.6 Å². The summed E-state index contributed by atoms with van der Waals surface area (Å²) >= 11 is 6.12. The SMILES string of the molecule is COC(=O)C1CCN(c2ncnc(N)c2Cl)CC1C. The van der Waals surface area contributed by atoms with Crippen molar-refractivity contribution in [2.24, 2.45) is 11.8 Å². The topological polar surface area (TPSA) is 81.3 Å². The van der Waals surface area contributed by atoms with Gasteiger partial charge < -0.3 is 15.4 Å². The standard InChI is InChI=1S/C12H17ClN4O2/c1-7-5-17(4-3-8(7)12(18)19-2)11-9(13)10(14)15-6-16-11/h6-8H,3-5H2,1-2H3,(H2,14,15,16). The first-order valence-electron chi connectivity index (χ1n) is 6.13. The highest BCUT2D eigenvalue weighted by Gasteiger charge is 2.33. The Balaban J connectivity index is 2.14. The number of methoxy groups -OCH3 is 1. The fourth-order valence-corrected chi connectivity index (χ4v) is 2.65. The van der Waals surface area contributed by atoms with Gasteiger partial charge in [-0.25, -0.2) is 9.97 Å². The second kappa shape index (κ2) is 5.61. The zero-order chi connectivity index (χ0) is 14.0. The molecule has 0 radical (unpaired) electrons. The van der Waals surface area contributed by atoms with Crippen LogP contribution in [-0.2, 0) is 9.53 Å². The molecule has 2 atom stereocenters. The predicted molar refractivity (Wildman–Crippen MR) is 73.0 cm³/mol. The number of carbonyl (C=O) groups excluding carboxylic acids is 1. The van der Waals surface area contributed by atoms with Crippen molar-refractivity contribution >= 4 is 29.2 Å². The highest BCUT2D eigenvalue weighted by molar-refractivity contribution is 6.35. The van der Waals surface area contributed by atoms with E-state index in [1.165, 1.54) is 13.4 Å². The van der Waals surface area contributed by atoms with Crippen LogP contribution in [0.1, 0.15) is 13.3 Å². The summed E-state index contributed by atoms with van der Waals surface area (Å²) in [5.74, 6) is 0.854. The molecule has 0 amide bonds. The number of ether oxygens (including phenoxy) is 1. The molecule has 2 heterocycles. The third kappa shape index (κ3) is 2.73. The molecule has 19 heavy (non-hydrogen) atoms. The van der Waals surface area contributed by atoms with Gasteiger partial charge in [-0.1, -0.05) is 18.5 Å². The van der Waals surface area contributed by atoms with Gasteiger partial charge in [-0.05, 0) is 12.3 Å². The quantitative estimate of drug-likeness (QED) is 0.826. The number of carbonyl (C=O) groups is 1. The van der Waals surface area contributed by atoms with Gasteiger partial charge in [-0.15, -0.1) is 0 Å². The van der Waals surface area contributed by atoms with Gasteiger partial charge in [-0.3, -0.25) is 4.79 Å². The number of aromatic nitrogens is 2. The number of esters is 1. The smallest absolute Gasteiger partial charge is 0.309 e. The fourth-order valence-electron chi connectivity index (χ4n) is 2.43. The largest absolute Gasteiger partial charge is 0.469 e. The van der Waals surface area contributed by atoms with E-state index in [9.17, 15) is 4.79 Å². The maximum absolute atomic E-state index is 11.6. The lowest BCUT2D eigenvalue weighted by atomic mass is 9.87. The number of hydrogen-bond acceptors (Lipinski definition) is 6. The second-order valence-corrected chi connectivity index (χ2v) is 5.12. The molecule has 1 aliphatic rings. The molecular formula is C12H17ClN4O2. The Kier molecular flexibility index (Phi) is 4.09. The number of nitrogen functional groups attached to an aromatic ring is 1. The van der Waals surface area contributed by atoms with Crippen LogP contribution >= 0.6 is 11.6 Å². The Morgan fingerprint density at radius 2 is 2.32 bits per heavy atom. The van der Waals surface area contributed by atoms with E-state index in [0.717, 1.165) is 0 Å². The predicted octanol–water partition coefficient (Wildman–Crippen LogP) is 1.35. The number of anilines is 2. The molecule has 2 rings (SSSR count). The van der Waals surface area contributed by atoms with Gasteiger partial charge in [0.25, 0.3) is 0 Å². The van der Waals surface area contributed by atoms with E-state index >= 15 is 0 Å². The lowest BCUT2D eigenvalue weighted by Crippen LogP contribution is -2.43. The van der Waals surface area contributed by atoms with Crippen LogP contribution in [0, 0.1) is 11.8 Å². The molecule has 0 aromatic carbocycles. The van der Waals surface area contributed by atoms with Gasteiger partial charge >= 0.3 is 5.97 Å². The van der Waals surface area contributed by atoms with E-state index in [0.29, 0.717) is 30.4 Å². The van der Waals surface area contributed by atoms with E-state index in [2.05, 4.69) is 9.97 Å². The Morgan fingerprint density at radius 1 is 1.58 bits per heavy atom. The van der Waals surface area contributed by atoms with E-state index in [1.807, 2.05) is 11.8 Å². The first-order chi connectivity index (χ1) is 9.04. The van der Waals surface area contributed by atoms with Gasteiger partial charge in [0.05, 0.1) is 13.0 Å². The zero-order valence-electron chi connectivity index (χ0n) is 11.0. The number of hydrogen-bond donors (Lipinski definition) is 1. The van der Waals surface area contributed by atoms with Gasteiger partial charge in [-0.2, -0.15) is 0 Å². The Morgan fingerprint density at radius 3 is 2.95 bits per heavy atom. The average molecular weight is 285 g/mol. The first-order valence-corrected chi connectivity index (χ1v) is 6.51. The van der Waals surface area contributed by atoms with Crippen molar-refractivity contribution in [1.29, 1.82) is 0 Å². The highest BCUT2D eigenvalue weighted by atomic mass is 35.5. The summed E-state index contributed by atoms with van der Waals surface area (Å²) in [7, 11) is 1.42. The van der Waals surface area contributed by atoms with Crippen LogP contribution in [0.3, 0.4) is 0 Å². The van der Waals surface area contributed by atoms with Crippen LogP contribution in [-0.4, -0.2) is 36.1 Å². The van der Waals surface area contributed by atoms with Gasteiger partial charge in [0.1, 0.15) is 17.2 Å². The molecule has 0 saturated carbocycles. The van der Waals surface area contributed by atoms with Gasteiger partial charge in [0, 0.05) is 13.1 Å². The van der Waals surface area contributed by atoms with Crippen molar-refractivity contribution < 1.29 is 9.53 Å². The lowest BCUT2D eigenvalue weighted by Gasteiger charge is -2.36. The molecule has 2 N–H and O–H groups in total. The molecule has 104 valence electrons. The minimum Gasteiger partial charge on any atom is -0.469 e. The molecular weight excluding hydrogens is 268 g/mol. The molecule has 1 aromatic rings. The van der Waals surface area contributed by atoms with Crippen molar-refractivity contribution in [2.45, 2.75) is 13.3 Å². The van der Waals surface area contributed by atoms with Crippen LogP contribution in [0.15, 0.2) is 6.33 Å². The summed E-state index contributed by atoms with van der Waals surface area (Å²) in [5, 5.41) is 0.367. The third-order valence-corrected chi connectivity index (χ3v) is 3.87. The summed E-state index contributed by atoms with van der Waals surface area (Å²) in [6.07, 6.45) is 2.11. The normalized spacial score (nSPS) is 23.2. The number of halogens is 1. The third-order valence-electron chi connectivity index (χ3n) is 3.51. The van der Waals surface area contributed by atoms with Crippen molar-refractivity contribution in [3.05, 3.63) is 11.3 Å². The van der Waals surface area contributed by atoms with Crippen LogP contribution in [0.5, 0.6) is 0 Å². The molecule has 2 unspecified atom stereocenters. The average Bonchev–Trinajstić information content (AvgIpc) is 2.41. The Bertz CT molecular complexity index is 483. The minimum atomic E-state index is -0.152. The van der Waals surface area contributed by atoms with Crippen molar-refractivity contribution in [3.8, 4) is 0 Å². The van der Waals surface area contributed by atoms with Crippen LogP contribution < -0.4 is 10.6 Å². The van der Waals surface area contributed by atoms with Gasteiger partial charge in [0.2, 0.25) is 0 Å². The van der Waals surface area contributed by atoms with Crippen molar-refractivity contribution in [3.63, 3.8) is 0 Å². The summed E-state index contributed by atoms with van der Waals surface area (Å²) < 4.78 is 4.81. The Hall–Kier alpha value is -1.56. The fraction of sp³-hybridized carbons (Fsp3) is 0.583. The van der Waals surface area contributed by atoms with Crippen LogP contribution in [0.2, 0.25) is 5.02 Å². The second-order valence-electron chi connectivity index (χ2n) is 4.74. The number of piperidine rings is 1. The molecule has 6 nitrogen and oxygen atoms in total. The summed E-state index contributed by atoms with van der Waals surface area (Å²) in [6.45, 7) is 3.41. The van der Waals surface area contributed by atoms with E-state index < -0.39 is 0 Å². The summed E-state index contributed by atoms with van der Waals surface area (Å²) in [5.41, 5.74) is 5.68. The molecule has 1 aliphatic heterocycles. The number of nitrogens with zero attached hydrogens (tertiary/aromatic N) is 3.